The van der Waals surface area contributed by atoms with Crippen LogP contribution < -0.4 is 5.32 Å². The molecule has 0 unspecified atom stereocenters. The lowest BCUT2D eigenvalue weighted by atomic mass is 9.93. The van der Waals surface area contributed by atoms with E-state index >= 15 is 0 Å². The Kier molecular flexibility index (Phi) is 11.1. The third-order valence-electron chi connectivity index (χ3n) is 6.17. The van der Waals surface area contributed by atoms with E-state index in [1.165, 1.54) is 24.2 Å². The van der Waals surface area contributed by atoms with E-state index in [0.717, 1.165) is 69.6 Å². The number of ether oxygens (including phenoxy) is 1. The van der Waals surface area contributed by atoms with Gasteiger partial charge in [0.1, 0.15) is 0 Å². The van der Waals surface area contributed by atoms with Gasteiger partial charge in [-0.1, -0.05) is 26.7 Å². The van der Waals surface area contributed by atoms with Crippen molar-refractivity contribution in [3.63, 3.8) is 0 Å². The zero-order chi connectivity index (χ0) is 24.5. The van der Waals surface area contributed by atoms with Crippen LogP contribution in [0.3, 0.4) is 0 Å². The monoisotopic (exact) mass is 492 g/mol. The van der Waals surface area contributed by atoms with Crippen molar-refractivity contribution >= 4 is 10.0 Å². The molecule has 0 heterocycles. The Morgan fingerprint density at radius 3 is 2.21 bits per heavy atom. The Bertz CT molecular complexity index is 790. The standard InChI is InChI=1S/C24H39F3N2O3S/c1-19(2)18-28-16-6-4-5-7-17-32-22-12-10-21(11-13-22)29(3)33(30,31)23-14-8-20(9-15-23)24(25,26)27/h8-9,14-15,19,21-22,28H,4-7,10-13,16-18H2,1-3H3. The molecule has 190 valence electrons. The van der Waals surface area contributed by atoms with Crippen LogP contribution in [0.25, 0.3) is 0 Å². The number of alkyl halides is 3. The minimum absolute atomic E-state index is 0.115. The Morgan fingerprint density at radius 1 is 1.03 bits per heavy atom. The van der Waals surface area contributed by atoms with Crippen molar-refractivity contribution in [1.29, 1.82) is 0 Å². The molecule has 2 rings (SSSR count). The Hall–Kier alpha value is -1.16. The fourth-order valence-corrected chi connectivity index (χ4v) is 5.52. The third-order valence-corrected chi connectivity index (χ3v) is 8.09. The molecule has 0 aliphatic heterocycles. The molecule has 9 heteroatoms. The van der Waals surface area contributed by atoms with E-state index in [1.54, 1.807) is 0 Å². The zero-order valence-electron chi connectivity index (χ0n) is 20.0. The first kappa shape index (κ1) is 28.1. The molecule has 1 N–H and O–H groups in total. The highest BCUT2D eigenvalue weighted by atomic mass is 32.2. The first-order valence-electron chi connectivity index (χ1n) is 12.0. The lowest BCUT2D eigenvalue weighted by Gasteiger charge is -2.34. The lowest BCUT2D eigenvalue weighted by molar-refractivity contribution is -0.137. The van der Waals surface area contributed by atoms with Gasteiger partial charge in [-0.05, 0) is 81.8 Å². The number of hydrogen-bond donors (Lipinski definition) is 1. The molecular formula is C24H39F3N2O3S. The molecule has 1 aliphatic carbocycles. The van der Waals surface area contributed by atoms with Crippen LogP contribution in [0, 0.1) is 5.92 Å². The predicted octanol–water partition coefficient (Wildman–Crippen LogP) is 5.46. The summed E-state index contributed by atoms with van der Waals surface area (Å²) in [5, 5.41) is 3.45. The van der Waals surface area contributed by atoms with Gasteiger partial charge < -0.3 is 10.1 Å². The first-order valence-corrected chi connectivity index (χ1v) is 13.4. The Morgan fingerprint density at radius 2 is 1.64 bits per heavy atom. The van der Waals surface area contributed by atoms with E-state index in [9.17, 15) is 21.6 Å². The van der Waals surface area contributed by atoms with Crippen LogP contribution in [0.2, 0.25) is 0 Å². The van der Waals surface area contributed by atoms with Crippen molar-refractivity contribution in [3.8, 4) is 0 Å². The highest BCUT2D eigenvalue weighted by Gasteiger charge is 2.34. The molecule has 1 fully saturated rings. The predicted molar refractivity (Wildman–Crippen MR) is 125 cm³/mol. The molecule has 1 aromatic rings. The number of nitrogens with zero attached hydrogens (tertiary/aromatic N) is 1. The smallest absolute Gasteiger partial charge is 0.378 e. The first-order chi connectivity index (χ1) is 15.5. The van der Waals surface area contributed by atoms with Crippen LogP contribution in [-0.4, -0.2) is 51.6 Å². The second-order valence-electron chi connectivity index (χ2n) is 9.36. The number of nitrogens with one attached hydrogen (secondary N) is 1. The third kappa shape index (κ3) is 9.19. The van der Waals surface area contributed by atoms with Crippen molar-refractivity contribution in [3.05, 3.63) is 29.8 Å². The summed E-state index contributed by atoms with van der Waals surface area (Å²) in [5.74, 6) is 0.679. The molecular weight excluding hydrogens is 453 g/mol. The largest absolute Gasteiger partial charge is 0.416 e. The topological polar surface area (TPSA) is 58.6 Å². The van der Waals surface area contributed by atoms with Gasteiger partial charge >= 0.3 is 6.18 Å². The SMILES string of the molecule is CC(C)CNCCCCCCOC1CCC(N(C)S(=O)(=O)c2ccc(C(F)(F)F)cc2)CC1. The minimum atomic E-state index is -4.49. The van der Waals surface area contributed by atoms with Crippen LogP contribution in [0.4, 0.5) is 13.2 Å². The van der Waals surface area contributed by atoms with Gasteiger partial charge in [0, 0.05) is 19.7 Å². The number of halogens is 3. The van der Waals surface area contributed by atoms with E-state index < -0.39 is 21.8 Å². The minimum Gasteiger partial charge on any atom is -0.378 e. The van der Waals surface area contributed by atoms with Crippen molar-refractivity contribution in [2.75, 3.05) is 26.7 Å². The Labute approximate surface area is 197 Å². The normalized spacial score (nSPS) is 20.0. The molecule has 0 amide bonds. The summed E-state index contributed by atoms with van der Waals surface area (Å²) in [4.78, 5) is -0.115. The maximum atomic E-state index is 12.9. The van der Waals surface area contributed by atoms with Crippen molar-refractivity contribution in [1.82, 2.24) is 9.62 Å². The Balaban J connectivity index is 1.68. The van der Waals surface area contributed by atoms with Crippen molar-refractivity contribution in [2.45, 2.75) is 88.4 Å². The molecule has 0 radical (unpaired) electrons. The molecule has 1 saturated carbocycles. The second kappa shape index (κ2) is 13.1. The van der Waals surface area contributed by atoms with E-state index in [2.05, 4.69) is 19.2 Å². The molecule has 1 aromatic carbocycles. The van der Waals surface area contributed by atoms with Gasteiger partial charge in [0.2, 0.25) is 10.0 Å². The van der Waals surface area contributed by atoms with Gasteiger partial charge in [0.15, 0.2) is 0 Å². The summed E-state index contributed by atoms with van der Waals surface area (Å²) in [7, 11) is -2.33. The molecule has 0 atom stereocenters. The highest BCUT2D eigenvalue weighted by molar-refractivity contribution is 7.89. The number of hydrogen-bond acceptors (Lipinski definition) is 4. The molecule has 0 spiro atoms. The van der Waals surface area contributed by atoms with Crippen LogP contribution in [-0.2, 0) is 20.9 Å². The number of benzene rings is 1. The highest BCUT2D eigenvalue weighted by Crippen LogP contribution is 2.32. The quantitative estimate of drug-likeness (QED) is 0.372. The van der Waals surface area contributed by atoms with Gasteiger partial charge in [-0.15, -0.1) is 0 Å². The molecule has 0 saturated heterocycles. The number of unbranched alkanes of at least 4 members (excludes halogenated alkanes) is 3. The number of rotatable bonds is 13. The van der Waals surface area contributed by atoms with Gasteiger partial charge in [-0.3, -0.25) is 0 Å². The van der Waals surface area contributed by atoms with E-state index in [4.69, 9.17) is 4.74 Å². The van der Waals surface area contributed by atoms with Crippen LogP contribution in [0.5, 0.6) is 0 Å². The number of sulfonamides is 1. The van der Waals surface area contributed by atoms with E-state index in [0.29, 0.717) is 18.8 Å². The van der Waals surface area contributed by atoms with Crippen LogP contribution >= 0.6 is 0 Å². The summed E-state index contributed by atoms with van der Waals surface area (Å²) in [6.45, 7) is 7.26. The average molecular weight is 493 g/mol. The van der Waals surface area contributed by atoms with Gasteiger partial charge in [-0.2, -0.15) is 17.5 Å². The summed E-state index contributed by atoms with van der Waals surface area (Å²) in [6, 6.07) is 3.52. The summed E-state index contributed by atoms with van der Waals surface area (Å²) in [6.07, 6.45) is 3.15. The van der Waals surface area contributed by atoms with Gasteiger partial charge in [0.05, 0.1) is 16.6 Å². The summed E-state index contributed by atoms with van der Waals surface area (Å²) < 4.78 is 71.2. The fraction of sp³-hybridized carbons (Fsp3) is 0.750. The average Bonchev–Trinajstić information content (AvgIpc) is 2.77. The molecule has 0 aromatic heterocycles. The van der Waals surface area contributed by atoms with Crippen molar-refractivity contribution in [2.24, 2.45) is 5.92 Å². The van der Waals surface area contributed by atoms with E-state index in [1.807, 2.05) is 0 Å². The summed E-state index contributed by atoms with van der Waals surface area (Å²) in [5.41, 5.74) is -0.857. The molecule has 0 bridgehead atoms. The fourth-order valence-electron chi connectivity index (χ4n) is 4.10. The second-order valence-corrected chi connectivity index (χ2v) is 11.4. The van der Waals surface area contributed by atoms with E-state index in [-0.39, 0.29) is 17.0 Å². The zero-order valence-corrected chi connectivity index (χ0v) is 20.9. The molecule has 5 nitrogen and oxygen atoms in total. The maximum absolute atomic E-state index is 12.9. The molecule has 33 heavy (non-hydrogen) atoms. The van der Waals surface area contributed by atoms with Gasteiger partial charge in [0.25, 0.3) is 0 Å². The van der Waals surface area contributed by atoms with Gasteiger partial charge in [-0.25, -0.2) is 8.42 Å². The lowest BCUT2D eigenvalue weighted by Crippen LogP contribution is -2.40. The van der Waals surface area contributed by atoms with Crippen molar-refractivity contribution < 1.29 is 26.3 Å². The van der Waals surface area contributed by atoms with Crippen LogP contribution in [0.1, 0.15) is 70.8 Å². The molecule has 1 aliphatic rings. The maximum Gasteiger partial charge on any atom is 0.416 e. The summed E-state index contributed by atoms with van der Waals surface area (Å²) >= 11 is 0. The van der Waals surface area contributed by atoms with Crippen LogP contribution in [0.15, 0.2) is 29.2 Å².